The van der Waals surface area contributed by atoms with E-state index in [2.05, 4.69) is 28.4 Å². The Hall–Kier alpha value is -1.50. The van der Waals surface area contributed by atoms with E-state index >= 15 is 0 Å². The van der Waals surface area contributed by atoms with Crippen molar-refractivity contribution in [3.8, 4) is 0 Å². The van der Waals surface area contributed by atoms with Crippen LogP contribution >= 0.6 is 11.8 Å². The van der Waals surface area contributed by atoms with Crippen LogP contribution in [0.25, 0.3) is 0 Å². The normalized spacial score (nSPS) is 10.4. The van der Waals surface area contributed by atoms with Crippen LogP contribution in [0.2, 0.25) is 0 Å². The molecule has 0 radical (unpaired) electrons. The Morgan fingerprint density at radius 2 is 2.31 bits per heavy atom. The first-order valence-corrected chi connectivity index (χ1v) is 5.81. The van der Waals surface area contributed by atoms with Gasteiger partial charge in [-0.15, -0.1) is 0 Å². The number of aromatic nitrogens is 2. The first-order valence-electron chi connectivity index (χ1n) is 4.82. The second-order valence-electron chi connectivity index (χ2n) is 3.52. The van der Waals surface area contributed by atoms with Gasteiger partial charge in [-0.25, -0.2) is 4.98 Å². The van der Waals surface area contributed by atoms with Gasteiger partial charge in [-0.3, -0.25) is 5.41 Å². The first kappa shape index (κ1) is 12.6. The average molecular weight is 240 g/mol. The molecule has 7 heteroatoms. The topological polar surface area (TPSA) is 106 Å². The molecule has 0 atom stereocenters. The van der Waals surface area contributed by atoms with Gasteiger partial charge in [-0.05, 0) is 13.8 Å². The summed E-state index contributed by atoms with van der Waals surface area (Å²) in [5.41, 5.74) is 11.4. The van der Waals surface area contributed by atoms with Crippen molar-refractivity contribution in [2.75, 3.05) is 0 Å². The molecule has 0 fully saturated rings. The molecule has 1 aromatic heterocycles. The van der Waals surface area contributed by atoms with Crippen molar-refractivity contribution < 1.29 is 0 Å². The molecule has 1 heterocycles. The van der Waals surface area contributed by atoms with Crippen molar-refractivity contribution in [2.24, 2.45) is 16.5 Å². The number of guanidine groups is 1. The van der Waals surface area contributed by atoms with Gasteiger partial charge in [-0.2, -0.15) is 4.99 Å². The molecule has 0 aliphatic rings. The highest BCUT2D eigenvalue weighted by Gasteiger charge is 2.06. The third kappa shape index (κ3) is 3.58. The molecule has 16 heavy (non-hydrogen) atoms. The van der Waals surface area contributed by atoms with Gasteiger partial charge in [0.25, 0.3) is 0 Å². The van der Waals surface area contributed by atoms with E-state index in [0.29, 0.717) is 11.8 Å². The molecule has 0 aliphatic heterocycles. The second kappa shape index (κ2) is 5.55. The maximum absolute atomic E-state index is 7.49. The Bertz CT molecular complexity index is 390. The minimum Gasteiger partial charge on any atom is -0.370 e. The van der Waals surface area contributed by atoms with E-state index in [1.807, 2.05) is 0 Å². The summed E-state index contributed by atoms with van der Waals surface area (Å²) in [6, 6.07) is 0.357. The average Bonchev–Trinajstić information content (AvgIpc) is 2.61. The van der Waals surface area contributed by atoms with E-state index in [4.69, 9.17) is 16.9 Å². The molecule has 0 saturated carbocycles. The number of aliphatic imine (C=N–C) groups is 1. The fourth-order valence-electron chi connectivity index (χ4n) is 1.20. The maximum Gasteiger partial charge on any atom is 0.193 e. The third-order valence-electron chi connectivity index (χ3n) is 1.89. The van der Waals surface area contributed by atoms with Crippen LogP contribution in [0.1, 0.15) is 25.6 Å². The van der Waals surface area contributed by atoms with Gasteiger partial charge in [0.15, 0.2) is 11.1 Å². The van der Waals surface area contributed by atoms with E-state index < -0.39 is 0 Å². The van der Waals surface area contributed by atoms with Crippen molar-refractivity contribution in [3.05, 3.63) is 18.2 Å². The van der Waals surface area contributed by atoms with Crippen LogP contribution in [0.15, 0.2) is 17.5 Å². The van der Waals surface area contributed by atoms with Gasteiger partial charge >= 0.3 is 0 Å². The second-order valence-corrected chi connectivity index (χ2v) is 4.48. The Morgan fingerprint density at radius 3 is 2.88 bits per heavy atom. The Morgan fingerprint density at radius 1 is 1.62 bits per heavy atom. The molecule has 88 valence electrons. The lowest BCUT2D eigenvalue weighted by Gasteiger charge is -2.10. The molecule has 0 spiro atoms. The zero-order valence-electron chi connectivity index (χ0n) is 9.34. The Kier molecular flexibility index (Phi) is 4.36. The van der Waals surface area contributed by atoms with E-state index in [0.717, 1.165) is 5.69 Å². The van der Waals surface area contributed by atoms with Crippen molar-refractivity contribution in [1.82, 2.24) is 9.55 Å². The zero-order chi connectivity index (χ0) is 12.1. The monoisotopic (exact) mass is 240 g/mol. The quantitative estimate of drug-likeness (QED) is 0.539. The number of rotatable bonds is 3. The zero-order valence-corrected chi connectivity index (χ0v) is 10.2. The number of amidine groups is 1. The van der Waals surface area contributed by atoms with E-state index in [1.165, 1.54) is 11.8 Å². The van der Waals surface area contributed by atoms with Crippen LogP contribution in [0.4, 0.5) is 0 Å². The molecule has 0 amide bonds. The van der Waals surface area contributed by atoms with E-state index in [-0.39, 0.29) is 11.1 Å². The summed E-state index contributed by atoms with van der Waals surface area (Å²) in [4.78, 5) is 7.72. The van der Waals surface area contributed by atoms with Crippen LogP contribution in [0, 0.1) is 5.41 Å². The van der Waals surface area contributed by atoms with Crippen LogP contribution < -0.4 is 11.5 Å². The van der Waals surface area contributed by atoms with Gasteiger partial charge in [0.2, 0.25) is 0 Å². The number of hydrogen-bond acceptors (Lipinski definition) is 3. The summed E-state index contributed by atoms with van der Waals surface area (Å²) < 4.78 is 2.05. The molecule has 0 aliphatic carbocycles. The molecular formula is C9H16N6S. The molecule has 0 aromatic carbocycles. The van der Waals surface area contributed by atoms with Crippen LogP contribution in [0.3, 0.4) is 0 Å². The van der Waals surface area contributed by atoms with Crippen molar-refractivity contribution in [1.29, 1.82) is 5.41 Å². The van der Waals surface area contributed by atoms with E-state index in [1.54, 1.807) is 12.5 Å². The molecule has 0 bridgehead atoms. The molecule has 6 nitrogen and oxygen atoms in total. The lowest BCUT2D eigenvalue weighted by Crippen LogP contribution is -2.23. The molecule has 1 aromatic rings. The predicted molar refractivity (Wildman–Crippen MR) is 67.4 cm³/mol. The summed E-state index contributed by atoms with van der Waals surface area (Å²) in [5, 5.41) is 7.59. The molecule has 0 saturated heterocycles. The summed E-state index contributed by atoms with van der Waals surface area (Å²) in [6.07, 6.45) is 3.57. The SMILES string of the molecule is CC(C)n1cncc1CSC(=N)N=C(N)N. The van der Waals surface area contributed by atoms with Crippen molar-refractivity contribution >= 4 is 22.9 Å². The minimum atomic E-state index is -0.0881. The smallest absolute Gasteiger partial charge is 0.193 e. The largest absolute Gasteiger partial charge is 0.370 e. The molecular weight excluding hydrogens is 224 g/mol. The van der Waals surface area contributed by atoms with Crippen LogP contribution in [-0.2, 0) is 5.75 Å². The van der Waals surface area contributed by atoms with Gasteiger partial charge < -0.3 is 16.0 Å². The highest BCUT2D eigenvalue weighted by atomic mass is 32.2. The summed E-state index contributed by atoms with van der Waals surface area (Å²) in [7, 11) is 0. The van der Waals surface area contributed by atoms with Crippen LogP contribution in [-0.4, -0.2) is 20.7 Å². The van der Waals surface area contributed by atoms with E-state index in [9.17, 15) is 0 Å². The minimum absolute atomic E-state index is 0.0881. The summed E-state index contributed by atoms with van der Waals surface area (Å²) >= 11 is 1.27. The van der Waals surface area contributed by atoms with Crippen LogP contribution in [0.5, 0.6) is 0 Å². The highest BCUT2D eigenvalue weighted by Crippen LogP contribution is 2.16. The standard InChI is InChI=1S/C9H16N6S/c1-6(2)15-5-13-3-7(15)4-16-9(12)14-8(10)11/h3,5-6H,4H2,1-2H3,(H5,10,11,12,14). The predicted octanol–water partition coefficient (Wildman–Crippen LogP) is 0.905. The third-order valence-corrected chi connectivity index (χ3v) is 2.69. The number of hydrogen-bond donors (Lipinski definition) is 3. The number of thioether (sulfide) groups is 1. The lowest BCUT2D eigenvalue weighted by atomic mass is 10.4. The molecule has 0 unspecified atom stereocenters. The fourth-order valence-corrected chi connectivity index (χ4v) is 1.88. The number of nitrogens with zero attached hydrogens (tertiary/aromatic N) is 3. The summed E-state index contributed by atoms with van der Waals surface area (Å²) in [6.45, 7) is 4.16. The maximum atomic E-state index is 7.49. The van der Waals surface area contributed by atoms with Gasteiger partial charge in [0.05, 0.1) is 6.33 Å². The van der Waals surface area contributed by atoms with Gasteiger partial charge in [0.1, 0.15) is 0 Å². The molecule has 1 rings (SSSR count). The Balaban J connectivity index is 2.58. The number of imidazole rings is 1. The number of nitrogens with two attached hydrogens (primary N) is 2. The summed E-state index contributed by atoms with van der Waals surface area (Å²) in [5.74, 6) is 0.545. The molecule has 5 N–H and O–H groups in total. The van der Waals surface area contributed by atoms with Crippen molar-refractivity contribution in [2.45, 2.75) is 25.6 Å². The fraction of sp³-hybridized carbons (Fsp3) is 0.444. The van der Waals surface area contributed by atoms with Crippen molar-refractivity contribution in [3.63, 3.8) is 0 Å². The lowest BCUT2D eigenvalue weighted by molar-refractivity contribution is 0.584. The first-order chi connectivity index (χ1) is 7.50. The highest BCUT2D eigenvalue weighted by molar-refractivity contribution is 8.13. The number of nitrogens with one attached hydrogen (secondary N) is 1. The van der Waals surface area contributed by atoms with Gasteiger partial charge in [0, 0.05) is 23.7 Å². The Labute approximate surface area is 98.6 Å². The van der Waals surface area contributed by atoms with Gasteiger partial charge in [-0.1, -0.05) is 11.8 Å².